The quantitative estimate of drug-likeness (QED) is 0.785. The van der Waals surface area contributed by atoms with Gasteiger partial charge in [0.05, 0.1) is 12.5 Å². The molecule has 3 unspecified atom stereocenters. The van der Waals surface area contributed by atoms with Crippen molar-refractivity contribution in [3.05, 3.63) is 0 Å². The van der Waals surface area contributed by atoms with Gasteiger partial charge in [0.2, 0.25) is 5.91 Å². The molecule has 132 valence electrons. The molecule has 5 nitrogen and oxygen atoms in total. The highest BCUT2D eigenvalue weighted by Crippen LogP contribution is 2.31. The first kappa shape index (κ1) is 21.9. The van der Waals surface area contributed by atoms with Gasteiger partial charge in [0, 0.05) is 38.3 Å². The largest absolute Gasteiger partial charge is 0.383 e. The average Bonchev–Trinajstić information content (AvgIpc) is 2.83. The number of carbonyl (C=O) groups excluding carboxylic acids is 1. The smallest absolute Gasteiger partial charge is 0.225 e. The van der Waals surface area contributed by atoms with E-state index in [9.17, 15) is 4.79 Å². The first-order chi connectivity index (χ1) is 9.53. The summed E-state index contributed by atoms with van der Waals surface area (Å²) < 4.78 is 5.10. The summed E-state index contributed by atoms with van der Waals surface area (Å²) in [6, 6.07) is 0.275. The molecule has 0 aromatic rings. The van der Waals surface area contributed by atoms with E-state index in [2.05, 4.69) is 10.2 Å². The zero-order chi connectivity index (χ0) is 14.6. The van der Waals surface area contributed by atoms with Gasteiger partial charge >= 0.3 is 0 Å². The lowest BCUT2D eigenvalue weighted by atomic mass is 9.74. The first-order valence-electron chi connectivity index (χ1n) is 7.83. The second kappa shape index (κ2) is 9.93. The molecule has 3 atom stereocenters. The molecule has 2 rings (SSSR count). The minimum atomic E-state index is -0.337. The lowest BCUT2D eigenvalue weighted by Gasteiger charge is -2.37. The Balaban J connectivity index is 0.00000220. The van der Waals surface area contributed by atoms with E-state index in [1.807, 2.05) is 6.92 Å². The number of nitrogens with two attached hydrogens (primary N) is 1. The maximum absolute atomic E-state index is 12.5. The van der Waals surface area contributed by atoms with Gasteiger partial charge in [0.1, 0.15) is 0 Å². The van der Waals surface area contributed by atoms with Gasteiger partial charge in [-0.1, -0.05) is 12.8 Å². The standard InChI is InChI=1S/C15H29N3O2.2ClH/c1-15(16)7-4-3-5-13(15)14(19)17-12-6-8-18(11-12)9-10-20-2;;/h12-13H,3-11,16H2,1-2H3,(H,17,19);2*1H. The summed E-state index contributed by atoms with van der Waals surface area (Å²) in [6.45, 7) is 5.70. The molecule has 7 heteroatoms. The van der Waals surface area contributed by atoms with Gasteiger partial charge in [-0.3, -0.25) is 9.69 Å². The summed E-state index contributed by atoms with van der Waals surface area (Å²) in [7, 11) is 1.72. The molecule has 1 saturated carbocycles. The van der Waals surface area contributed by atoms with Crippen molar-refractivity contribution in [1.82, 2.24) is 10.2 Å². The van der Waals surface area contributed by atoms with Crippen molar-refractivity contribution >= 4 is 30.7 Å². The van der Waals surface area contributed by atoms with Crippen LogP contribution in [0.4, 0.5) is 0 Å². The molecule has 0 aromatic heterocycles. The van der Waals surface area contributed by atoms with Crippen molar-refractivity contribution in [3.63, 3.8) is 0 Å². The maximum atomic E-state index is 12.5. The van der Waals surface area contributed by atoms with Crippen LogP contribution >= 0.6 is 24.8 Å². The van der Waals surface area contributed by atoms with Crippen molar-refractivity contribution in [2.24, 2.45) is 11.7 Å². The Morgan fingerprint density at radius 2 is 2.09 bits per heavy atom. The fourth-order valence-electron chi connectivity index (χ4n) is 3.46. The number of nitrogens with one attached hydrogen (secondary N) is 1. The summed E-state index contributed by atoms with van der Waals surface area (Å²) in [5.41, 5.74) is 5.97. The molecular formula is C15H31Cl2N3O2. The summed E-state index contributed by atoms with van der Waals surface area (Å²) in [5, 5.41) is 3.21. The van der Waals surface area contributed by atoms with Crippen molar-refractivity contribution in [2.45, 2.75) is 50.6 Å². The highest BCUT2D eigenvalue weighted by atomic mass is 35.5. The van der Waals surface area contributed by atoms with Crippen molar-refractivity contribution in [1.29, 1.82) is 0 Å². The summed E-state index contributed by atoms with van der Waals surface area (Å²) in [5.74, 6) is 0.137. The molecule has 22 heavy (non-hydrogen) atoms. The zero-order valence-corrected chi connectivity index (χ0v) is 15.3. The number of ether oxygens (including phenoxy) is 1. The molecule has 1 heterocycles. The van der Waals surface area contributed by atoms with Crippen LogP contribution in [0.25, 0.3) is 0 Å². The zero-order valence-electron chi connectivity index (χ0n) is 13.7. The van der Waals surface area contributed by atoms with E-state index in [-0.39, 0.29) is 48.2 Å². The topological polar surface area (TPSA) is 67.6 Å². The van der Waals surface area contributed by atoms with Gasteiger partial charge in [0.25, 0.3) is 0 Å². The van der Waals surface area contributed by atoms with Crippen LogP contribution in [0.1, 0.15) is 39.0 Å². The minimum Gasteiger partial charge on any atom is -0.383 e. The molecule has 0 bridgehead atoms. The molecule has 3 N–H and O–H groups in total. The third-order valence-electron chi connectivity index (χ3n) is 4.80. The highest BCUT2D eigenvalue weighted by Gasteiger charge is 2.38. The van der Waals surface area contributed by atoms with Crippen LogP contribution in [0.5, 0.6) is 0 Å². The number of rotatable bonds is 5. The monoisotopic (exact) mass is 355 g/mol. The Morgan fingerprint density at radius 1 is 1.36 bits per heavy atom. The number of nitrogens with zero attached hydrogens (tertiary/aromatic N) is 1. The molecule has 1 aliphatic carbocycles. The predicted octanol–water partition coefficient (Wildman–Crippen LogP) is 1.57. The van der Waals surface area contributed by atoms with Crippen LogP contribution in [0.3, 0.4) is 0 Å². The molecule has 0 aromatic carbocycles. The van der Waals surface area contributed by atoms with Gasteiger partial charge in [-0.15, -0.1) is 24.8 Å². The molecule has 1 amide bonds. The molecular weight excluding hydrogens is 325 g/mol. The van der Waals surface area contributed by atoms with Crippen molar-refractivity contribution < 1.29 is 9.53 Å². The lowest BCUT2D eigenvalue weighted by molar-refractivity contribution is -0.128. The average molecular weight is 356 g/mol. The molecule has 0 radical (unpaired) electrons. The van der Waals surface area contributed by atoms with Gasteiger partial charge in [-0.2, -0.15) is 0 Å². The van der Waals surface area contributed by atoms with Crippen LogP contribution in [-0.4, -0.2) is 55.7 Å². The molecule has 1 aliphatic heterocycles. The number of methoxy groups -OCH3 is 1. The molecule has 1 saturated heterocycles. The SMILES string of the molecule is COCCN1CCC(NC(=O)C2CCCCC2(C)N)C1.Cl.Cl. The minimum absolute atomic E-state index is 0. The van der Waals surface area contributed by atoms with Crippen LogP contribution in [-0.2, 0) is 9.53 Å². The van der Waals surface area contributed by atoms with Gasteiger partial charge < -0.3 is 15.8 Å². The molecule has 2 aliphatic rings. The summed E-state index contributed by atoms with van der Waals surface area (Å²) in [4.78, 5) is 14.8. The number of hydrogen-bond donors (Lipinski definition) is 2. The lowest BCUT2D eigenvalue weighted by Crippen LogP contribution is -2.54. The Hall–Kier alpha value is -0.0700. The fourth-order valence-corrected chi connectivity index (χ4v) is 3.46. The van der Waals surface area contributed by atoms with Gasteiger partial charge in [0.15, 0.2) is 0 Å². The number of likely N-dealkylation sites (tertiary alicyclic amines) is 1. The van der Waals surface area contributed by atoms with Crippen LogP contribution in [0.15, 0.2) is 0 Å². The normalized spacial score (nSPS) is 32.0. The number of carbonyl (C=O) groups is 1. The summed E-state index contributed by atoms with van der Waals surface area (Å²) in [6.07, 6.45) is 5.18. The second-order valence-corrected chi connectivity index (χ2v) is 6.59. The molecule has 0 spiro atoms. The van der Waals surface area contributed by atoms with Gasteiger partial charge in [-0.05, 0) is 26.2 Å². The summed E-state index contributed by atoms with van der Waals surface area (Å²) >= 11 is 0. The third-order valence-corrected chi connectivity index (χ3v) is 4.80. The van der Waals surface area contributed by atoms with E-state index in [1.165, 1.54) is 0 Å². The maximum Gasteiger partial charge on any atom is 0.225 e. The van der Waals surface area contributed by atoms with Crippen LogP contribution in [0.2, 0.25) is 0 Å². The van der Waals surface area contributed by atoms with E-state index in [0.717, 1.165) is 58.3 Å². The number of amides is 1. The number of halogens is 2. The third kappa shape index (κ3) is 5.85. The van der Waals surface area contributed by atoms with Gasteiger partial charge in [-0.25, -0.2) is 0 Å². The van der Waals surface area contributed by atoms with Crippen LogP contribution < -0.4 is 11.1 Å². The van der Waals surface area contributed by atoms with E-state index in [0.29, 0.717) is 0 Å². The van der Waals surface area contributed by atoms with E-state index >= 15 is 0 Å². The van der Waals surface area contributed by atoms with Crippen molar-refractivity contribution in [3.8, 4) is 0 Å². The fraction of sp³-hybridized carbons (Fsp3) is 0.933. The van der Waals surface area contributed by atoms with Crippen LogP contribution in [0, 0.1) is 5.92 Å². The Bertz CT molecular complexity index is 343. The predicted molar refractivity (Wildman–Crippen MR) is 93.9 cm³/mol. The van der Waals surface area contributed by atoms with E-state index in [4.69, 9.17) is 10.5 Å². The highest BCUT2D eigenvalue weighted by molar-refractivity contribution is 5.85. The van der Waals surface area contributed by atoms with E-state index in [1.54, 1.807) is 7.11 Å². The molecule has 2 fully saturated rings. The second-order valence-electron chi connectivity index (χ2n) is 6.59. The Morgan fingerprint density at radius 3 is 2.73 bits per heavy atom. The Labute approximate surface area is 146 Å². The first-order valence-corrected chi connectivity index (χ1v) is 7.83. The van der Waals surface area contributed by atoms with Crippen molar-refractivity contribution in [2.75, 3.05) is 33.4 Å². The number of hydrogen-bond acceptors (Lipinski definition) is 4. The van der Waals surface area contributed by atoms with E-state index < -0.39 is 0 Å². The Kier molecular flexibility index (Phi) is 9.90.